The van der Waals surface area contributed by atoms with Crippen LogP contribution in [-0.2, 0) is 17.4 Å². The topological polar surface area (TPSA) is 73.6 Å². The van der Waals surface area contributed by atoms with Crippen molar-refractivity contribution in [3.05, 3.63) is 94.8 Å². The smallest absolute Gasteiger partial charge is 0.417 e. The highest BCUT2D eigenvalue weighted by Gasteiger charge is 2.38. The third-order valence-electron chi connectivity index (χ3n) is 7.45. The number of benzene rings is 3. The van der Waals surface area contributed by atoms with Gasteiger partial charge < -0.3 is 14.6 Å². The predicted molar refractivity (Wildman–Crippen MR) is 137 cm³/mol. The van der Waals surface area contributed by atoms with E-state index < -0.39 is 23.8 Å². The number of ether oxygens (including phenoxy) is 2. The Balaban J connectivity index is 1.32. The van der Waals surface area contributed by atoms with Gasteiger partial charge in [0, 0.05) is 29.4 Å². The molecule has 2 aliphatic rings. The van der Waals surface area contributed by atoms with E-state index in [1.54, 1.807) is 47.3 Å². The number of halogens is 3. The number of nitrogens with zero attached hydrogens (tertiary/aromatic N) is 2. The number of alkyl halides is 3. The summed E-state index contributed by atoms with van der Waals surface area (Å²) >= 11 is 0. The second kappa shape index (κ2) is 9.48. The molecule has 200 valence electrons. The van der Waals surface area contributed by atoms with Gasteiger partial charge in [-0.05, 0) is 72.4 Å². The molecule has 2 atom stereocenters. The first-order chi connectivity index (χ1) is 18.7. The lowest BCUT2D eigenvalue weighted by molar-refractivity contribution is -0.138. The lowest BCUT2D eigenvalue weighted by Crippen LogP contribution is -2.10. The van der Waals surface area contributed by atoms with Crippen LogP contribution in [0.3, 0.4) is 0 Å². The fraction of sp³-hybridized carbons (Fsp3) is 0.267. The molecular weight excluding hydrogens is 509 g/mol. The average Bonchev–Trinajstić information content (AvgIpc) is 3.62. The lowest BCUT2D eigenvalue weighted by atomic mass is 9.91. The maximum absolute atomic E-state index is 14.1. The number of hydrogen-bond acceptors (Lipinski definition) is 4. The average molecular weight is 535 g/mol. The zero-order valence-corrected chi connectivity index (χ0v) is 21.0. The van der Waals surface area contributed by atoms with Crippen molar-refractivity contribution in [2.75, 3.05) is 6.61 Å². The molecule has 0 saturated heterocycles. The number of carbonyl (C=O) groups is 1. The number of carboxylic acid groups (broad SMARTS) is 1. The first-order valence-corrected chi connectivity index (χ1v) is 12.7. The van der Waals surface area contributed by atoms with Crippen molar-refractivity contribution in [2.45, 2.75) is 44.4 Å². The molecule has 4 aromatic rings. The van der Waals surface area contributed by atoms with Crippen molar-refractivity contribution in [1.82, 2.24) is 9.78 Å². The lowest BCUT2D eigenvalue weighted by Gasteiger charge is -2.20. The number of aryl methyl sites for hydroxylation is 1. The monoisotopic (exact) mass is 534 g/mol. The van der Waals surface area contributed by atoms with Crippen LogP contribution < -0.4 is 9.47 Å². The summed E-state index contributed by atoms with van der Waals surface area (Å²) in [5, 5.41) is 13.4. The Morgan fingerprint density at radius 3 is 2.56 bits per heavy atom. The summed E-state index contributed by atoms with van der Waals surface area (Å²) in [5.41, 5.74) is 3.89. The number of hydrogen-bond donors (Lipinski definition) is 1. The zero-order chi connectivity index (χ0) is 27.3. The molecule has 2 heterocycles. The van der Waals surface area contributed by atoms with Gasteiger partial charge >= 0.3 is 12.1 Å². The van der Waals surface area contributed by atoms with Gasteiger partial charge in [0.2, 0.25) is 0 Å². The summed E-state index contributed by atoms with van der Waals surface area (Å²) in [7, 11) is 0. The van der Waals surface area contributed by atoms with Crippen LogP contribution in [0.2, 0.25) is 0 Å². The minimum Gasteiger partial charge on any atom is -0.492 e. The first-order valence-electron chi connectivity index (χ1n) is 12.7. The van der Waals surface area contributed by atoms with E-state index >= 15 is 0 Å². The molecule has 1 N–H and O–H groups in total. The zero-order valence-electron chi connectivity index (χ0n) is 21.0. The largest absolute Gasteiger partial charge is 0.492 e. The Morgan fingerprint density at radius 1 is 1.10 bits per heavy atom. The summed E-state index contributed by atoms with van der Waals surface area (Å²) in [6, 6.07) is 16.8. The van der Waals surface area contributed by atoms with Crippen molar-refractivity contribution in [1.29, 1.82) is 0 Å². The summed E-state index contributed by atoms with van der Waals surface area (Å²) in [4.78, 5) is 11.1. The molecule has 1 aromatic heterocycles. The molecule has 3 aromatic carbocycles. The van der Waals surface area contributed by atoms with Gasteiger partial charge in [0.25, 0.3) is 0 Å². The van der Waals surface area contributed by atoms with Crippen LogP contribution in [0.1, 0.15) is 52.8 Å². The molecule has 6 rings (SSSR count). The van der Waals surface area contributed by atoms with Crippen molar-refractivity contribution in [3.63, 3.8) is 0 Å². The Morgan fingerprint density at radius 2 is 1.87 bits per heavy atom. The molecule has 39 heavy (non-hydrogen) atoms. The Labute approximate surface area is 222 Å². The minimum atomic E-state index is -4.51. The van der Waals surface area contributed by atoms with E-state index in [9.17, 15) is 18.0 Å². The van der Waals surface area contributed by atoms with E-state index in [1.807, 2.05) is 19.1 Å². The SMILES string of the molecule is Cc1ccnn1-c1ccc(-c2c(C(F)(F)F)ccc3c2CC[C@H]3Oc2ccc3c(c2)OCC3CC(=O)O)cc1. The number of aliphatic carboxylic acids is 1. The molecule has 9 heteroatoms. The number of carboxylic acids is 1. The number of aromatic nitrogens is 2. The van der Waals surface area contributed by atoms with Crippen LogP contribution in [-0.4, -0.2) is 27.5 Å². The molecular formula is C30H25F3N2O4. The summed E-state index contributed by atoms with van der Waals surface area (Å²) in [5.74, 6) is 0.00534. The highest BCUT2D eigenvalue weighted by atomic mass is 19.4. The molecule has 0 amide bonds. The minimum absolute atomic E-state index is 0.0178. The number of fused-ring (bicyclic) bond motifs is 2. The van der Waals surface area contributed by atoms with Gasteiger partial charge in [0.05, 0.1) is 24.3 Å². The van der Waals surface area contributed by atoms with Gasteiger partial charge in [0.15, 0.2) is 0 Å². The molecule has 1 unspecified atom stereocenters. The van der Waals surface area contributed by atoms with Gasteiger partial charge in [0.1, 0.15) is 17.6 Å². The van der Waals surface area contributed by atoms with Gasteiger partial charge in [-0.15, -0.1) is 0 Å². The summed E-state index contributed by atoms with van der Waals surface area (Å²) < 4.78 is 56.1. The Kier molecular flexibility index (Phi) is 6.09. The molecule has 0 radical (unpaired) electrons. The molecule has 1 aliphatic carbocycles. The van der Waals surface area contributed by atoms with Crippen LogP contribution in [0.5, 0.6) is 11.5 Å². The van der Waals surface area contributed by atoms with Gasteiger partial charge in [-0.3, -0.25) is 4.79 Å². The standard InChI is InChI=1S/C30H25F3N2O4/c1-17-12-13-34-35(17)20-4-2-18(3-5-20)29-24-9-11-26(23(24)8-10-25(29)30(31,32)33)39-21-6-7-22-19(14-28(36)37)16-38-27(22)15-21/h2-8,10,12-13,15,19,26H,9,11,14,16H2,1H3,(H,36,37)/t19?,26-/m1/s1. The maximum Gasteiger partial charge on any atom is 0.417 e. The first kappa shape index (κ1) is 25.0. The Bertz CT molecular complexity index is 1560. The third kappa shape index (κ3) is 4.62. The van der Waals surface area contributed by atoms with Crippen molar-refractivity contribution in [2.24, 2.45) is 0 Å². The molecule has 1 aliphatic heterocycles. The van der Waals surface area contributed by atoms with Crippen molar-refractivity contribution >= 4 is 5.97 Å². The van der Waals surface area contributed by atoms with Gasteiger partial charge in [-0.25, -0.2) is 4.68 Å². The van der Waals surface area contributed by atoms with Crippen molar-refractivity contribution < 1.29 is 32.5 Å². The van der Waals surface area contributed by atoms with Crippen molar-refractivity contribution in [3.8, 4) is 28.3 Å². The second-order valence-corrected chi connectivity index (χ2v) is 9.94. The predicted octanol–water partition coefficient (Wildman–Crippen LogP) is 6.88. The van der Waals surface area contributed by atoms with Crippen LogP contribution in [0.4, 0.5) is 13.2 Å². The van der Waals surface area contributed by atoms with E-state index in [1.165, 1.54) is 6.07 Å². The fourth-order valence-corrected chi connectivity index (χ4v) is 5.64. The molecule has 6 nitrogen and oxygen atoms in total. The van der Waals surface area contributed by atoms with E-state index in [0.717, 1.165) is 28.6 Å². The van der Waals surface area contributed by atoms with Gasteiger partial charge in [-0.1, -0.05) is 24.3 Å². The summed E-state index contributed by atoms with van der Waals surface area (Å²) in [6.07, 6.45) is -2.28. The van der Waals surface area contributed by atoms with E-state index in [-0.39, 0.29) is 17.9 Å². The number of rotatable bonds is 6. The molecule has 0 bridgehead atoms. The summed E-state index contributed by atoms with van der Waals surface area (Å²) in [6.45, 7) is 2.20. The Hall–Kier alpha value is -4.27. The molecule has 0 spiro atoms. The van der Waals surface area contributed by atoms with Crippen LogP contribution in [0, 0.1) is 6.92 Å². The molecule has 0 fully saturated rings. The van der Waals surface area contributed by atoms with Crippen LogP contribution >= 0.6 is 0 Å². The highest BCUT2D eigenvalue weighted by Crippen LogP contribution is 2.47. The quantitative estimate of drug-likeness (QED) is 0.292. The van der Waals surface area contributed by atoms with E-state index in [4.69, 9.17) is 14.6 Å². The normalized spacial score (nSPS) is 17.9. The second-order valence-electron chi connectivity index (χ2n) is 9.94. The van der Waals surface area contributed by atoms with Crippen LogP contribution in [0.15, 0.2) is 66.9 Å². The van der Waals surface area contributed by atoms with E-state index in [0.29, 0.717) is 42.1 Å². The molecule has 0 saturated carbocycles. The van der Waals surface area contributed by atoms with Gasteiger partial charge in [-0.2, -0.15) is 18.3 Å². The fourth-order valence-electron chi connectivity index (χ4n) is 5.64. The van der Waals surface area contributed by atoms with E-state index in [2.05, 4.69) is 5.10 Å². The maximum atomic E-state index is 14.1. The highest BCUT2D eigenvalue weighted by molar-refractivity contribution is 5.75. The third-order valence-corrected chi connectivity index (χ3v) is 7.45. The van der Waals surface area contributed by atoms with Crippen LogP contribution in [0.25, 0.3) is 16.8 Å².